The standard InChI is InChI=1S/C16H23N5/c1-16(2,10-9-12-7-5-4-6-8-12)21-14-11-13(18-3)19-15(17)20-14/h4-8,11H,9-10H2,1-3H3,(H4,17,18,19,20,21). The number of nitrogen functional groups attached to an aromatic ring is 1. The number of aromatic nitrogens is 2. The predicted molar refractivity (Wildman–Crippen MR) is 88.5 cm³/mol. The van der Waals surface area contributed by atoms with Crippen LogP contribution in [0.4, 0.5) is 17.6 Å². The van der Waals surface area contributed by atoms with Crippen LogP contribution in [0.3, 0.4) is 0 Å². The van der Waals surface area contributed by atoms with Gasteiger partial charge in [0.15, 0.2) is 0 Å². The number of nitrogens with one attached hydrogen (secondary N) is 2. The van der Waals surface area contributed by atoms with E-state index in [0.29, 0.717) is 5.82 Å². The maximum absolute atomic E-state index is 5.72. The van der Waals surface area contributed by atoms with Crippen LogP contribution in [0.25, 0.3) is 0 Å². The zero-order valence-electron chi connectivity index (χ0n) is 12.9. The van der Waals surface area contributed by atoms with Crippen LogP contribution in [0, 0.1) is 0 Å². The zero-order chi connectivity index (χ0) is 15.3. The molecule has 4 N–H and O–H groups in total. The molecule has 5 nitrogen and oxygen atoms in total. The van der Waals surface area contributed by atoms with Gasteiger partial charge in [-0.2, -0.15) is 9.97 Å². The van der Waals surface area contributed by atoms with Gasteiger partial charge in [0.1, 0.15) is 11.6 Å². The fourth-order valence-electron chi connectivity index (χ4n) is 2.17. The Morgan fingerprint density at radius 3 is 2.43 bits per heavy atom. The number of nitrogens with zero attached hydrogens (tertiary/aromatic N) is 2. The summed E-state index contributed by atoms with van der Waals surface area (Å²) in [4.78, 5) is 8.33. The molecule has 0 spiro atoms. The number of hydrogen-bond donors (Lipinski definition) is 3. The summed E-state index contributed by atoms with van der Waals surface area (Å²) in [6.07, 6.45) is 2.01. The summed E-state index contributed by atoms with van der Waals surface area (Å²) in [5.74, 6) is 1.72. The van der Waals surface area contributed by atoms with Gasteiger partial charge in [-0.05, 0) is 32.3 Å². The monoisotopic (exact) mass is 285 g/mol. The quantitative estimate of drug-likeness (QED) is 0.761. The molecule has 0 bridgehead atoms. The summed E-state index contributed by atoms with van der Waals surface area (Å²) in [7, 11) is 1.81. The van der Waals surface area contributed by atoms with Crippen LogP contribution in [-0.4, -0.2) is 22.6 Å². The second-order valence-corrected chi connectivity index (χ2v) is 5.74. The van der Waals surface area contributed by atoms with Crippen molar-refractivity contribution >= 4 is 17.6 Å². The molecule has 0 saturated carbocycles. The lowest BCUT2D eigenvalue weighted by Gasteiger charge is -2.27. The third kappa shape index (κ3) is 4.63. The van der Waals surface area contributed by atoms with Crippen LogP contribution >= 0.6 is 0 Å². The van der Waals surface area contributed by atoms with Gasteiger partial charge in [-0.3, -0.25) is 0 Å². The van der Waals surface area contributed by atoms with E-state index in [9.17, 15) is 0 Å². The molecule has 0 unspecified atom stereocenters. The van der Waals surface area contributed by atoms with E-state index < -0.39 is 0 Å². The van der Waals surface area contributed by atoms with E-state index in [0.717, 1.165) is 18.7 Å². The van der Waals surface area contributed by atoms with Crippen LogP contribution in [0.5, 0.6) is 0 Å². The first-order valence-corrected chi connectivity index (χ1v) is 7.13. The van der Waals surface area contributed by atoms with Crippen molar-refractivity contribution in [3.05, 3.63) is 42.0 Å². The highest BCUT2D eigenvalue weighted by Gasteiger charge is 2.18. The van der Waals surface area contributed by atoms with Crippen LogP contribution in [0.2, 0.25) is 0 Å². The summed E-state index contributed by atoms with van der Waals surface area (Å²) < 4.78 is 0. The molecule has 1 heterocycles. The Balaban J connectivity index is 2.01. The van der Waals surface area contributed by atoms with E-state index in [1.807, 2.05) is 19.2 Å². The first kappa shape index (κ1) is 15.1. The molecule has 21 heavy (non-hydrogen) atoms. The van der Waals surface area contributed by atoms with Gasteiger partial charge in [0, 0.05) is 18.7 Å². The third-order valence-electron chi connectivity index (χ3n) is 3.35. The van der Waals surface area contributed by atoms with Crippen LogP contribution in [0.15, 0.2) is 36.4 Å². The van der Waals surface area contributed by atoms with Crippen molar-refractivity contribution in [3.8, 4) is 0 Å². The summed E-state index contributed by atoms with van der Waals surface area (Å²) >= 11 is 0. The Kier molecular flexibility index (Phi) is 4.62. The largest absolute Gasteiger partial charge is 0.373 e. The molecule has 0 saturated heterocycles. The van der Waals surface area contributed by atoms with Crippen molar-refractivity contribution in [2.24, 2.45) is 0 Å². The summed E-state index contributed by atoms with van der Waals surface area (Å²) in [5.41, 5.74) is 6.97. The first-order valence-electron chi connectivity index (χ1n) is 7.13. The minimum absolute atomic E-state index is 0.0817. The van der Waals surface area contributed by atoms with Gasteiger partial charge < -0.3 is 16.4 Å². The second kappa shape index (κ2) is 6.43. The Hall–Kier alpha value is -2.30. The number of benzene rings is 1. The molecule has 5 heteroatoms. The molecular formula is C16H23N5. The van der Waals surface area contributed by atoms with Crippen molar-refractivity contribution in [1.29, 1.82) is 0 Å². The SMILES string of the molecule is CNc1cc(NC(C)(C)CCc2ccccc2)nc(N)n1. The molecule has 0 aliphatic rings. The molecule has 2 aromatic rings. The Labute approximate surface area is 126 Å². The molecule has 2 rings (SSSR count). The molecule has 1 aromatic heterocycles. The van der Waals surface area contributed by atoms with Crippen LogP contribution in [-0.2, 0) is 6.42 Å². The maximum atomic E-state index is 5.72. The van der Waals surface area contributed by atoms with Crippen molar-refractivity contribution in [3.63, 3.8) is 0 Å². The molecule has 0 aliphatic carbocycles. The third-order valence-corrected chi connectivity index (χ3v) is 3.35. The van der Waals surface area contributed by atoms with Gasteiger partial charge in [-0.15, -0.1) is 0 Å². The highest BCUT2D eigenvalue weighted by molar-refractivity contribution is 5.51. The second-order valence-electron chi connectivity index (χ2n) is 5.74. The molecule has 1 aromatic carbocycles. The molecule has 0 fully saturated rings. The number of aryl methyl sites for hydroxylation is 1. The Bertz CT molecular complexity index is 580. The number of anilines is 3. The fourth-order valence-corrected chi connectivity index (χ4v) is 2.17. The topological polar surface area (TPSA) is 75.9 Å². The van der Waals surface area contributed by atoms with Crippen molar-refractivity contribution < 1.29 is 0 Å². The van der Waals surface area contributed by atoms with Crippen molar-refractivity contribution in [1.82, 2.24) is 9.97 Å². The van der Waals surface area contributed by atoms with Crippen LogP contribution < -0.4 is 16.4 Å². The van der Waals surface area contributed by atoms with E-state index >= 15 is 0 Å². The molecule has 0 radical (unpaired) electrons. The number of hydrogen-bond acceptors (Lipinski definition) is 5. The number of rotatable bonds is 6. The average molecular weight is 285 g/mol. The van der Waals surface area contributed by atoms with E-state index in [-0.39, 0.29) is 11.5 Å². The molecule has 0 atom stereocenters. The lowest BCUT2D eigenvalue weighted by Crippen LogP contribution is -2.32. The van der Waals surface area contributed by atoms with Gasteiger partial charge in [0.25, 0.3) is 0 Å². The van der Waals surface area contributed by atoms with Gasteiger partial charge in [0.2, 0.25) is 5.95 Å². The lowest BCUT2D eigenvalue weighted by molar-refractivity contribution is 0.516. The van der Waals surface area contributed by atoms with E-state index in [1.165, 1.54) is 5.56 Å². The normalized spacial score (nSPS) is 11.2. The van der Waals surface area contributed by atoms with E-state index in [4.69, 9.17) is 5.73 Å². The molecule has 0 aliphatic heterocycles. The minimum atomic E-state index is -0.0817. The summed E-state index contributed by atoms with van der Waals surface area (Å²) in [6, 6.07) is 12.3. The first-order chi connectivity index (χ1) is 9.98. The highest BCUT2D eigenvalue weighted by Crippen LogP contribution is 2.21. The van der Waals surface area contributed by atoms with E-state index in [2.05, 4.69) is 58.7 Å². The summed E-state index contributed by atoms with van der Waals surface area (Å²) in [6.45, 7) is 4.32. The Morgan fingerprint density at radius 2 is 1.76 bits per heavy atom. The molecule has 112 valence electrons. The van der Waals surface area contributed by atoms with E-state index in [1.54, 1.807) is 0 Å². The predicted octanol–water partition coefficient (Wildman–Crippen LogP) is 2.92. The van der Waals surface area contributed by atoms with Gasteiger partial charge in [-0.25, -0.2) is 0 Å². The highest BCUT2D eigenvalue weighted by atomic mass is 15.1. The fraction of sp³-hybridized carbons (Fsp3) is 0.375. The zero-order valence-corrected chi connectivity index (χ0v) is 12.9. The summed E-state index contributed by atoms with van der Waals surface area (Å²) in [5, 5.41) is 6.41. The van der Waals surface area contributed by atoms with Gasteiger partial charge in [0.05, 0.1) is 0 Å². The molecule has 0 amide bonds. The van der Waals surface area contributed by atoms with Gasteiger partial charge >= 0.3 is 0 Å². The number of nitrogens with two attached hydrogens (primary N) is 1. The average Bonchev–Trinajstić information content (AvgIpc) is 2.45. The Morgan fingerprint density at radius 1 is 1.10 bits per heavy atom. The van der Waals surface area contributed by atoms with Gasteiger partial charge in [-0.1, -0.05) is 30.3 Å². The van der Waals surface area contributed by atoms with Crippen molar-refractivity contribution in [2.45, 2.75) is 32.2 Å². The van der Waals surface area contributed by atoms with Crippen molar-refractivity contribution in [2.75, 3.05) is 23.4 Å². The lowest BCUT2D eigenvalue weighted by atomic mass is 9.95. The smallest absolute Gasteiger partial charge is 0.223 e. The van der Waals surface area contributed by atoms with Crippen LogP contribution in [0.1, 0.15) is 25.8 Å². The molecular weight excluding hydrogens is 262 g/mol. The minimum Gasteiger partial charge on any atom is -0.373 e. The maximum Gasteiger partial charge on any atom is 0.223 e.